The van der Waals surface area contributed by atoms with Crippen LogP contribution in [0.25, 0.3) is 10.2 Å². The maximum absolute atomic E-state index is 13.0. The number of Topliss-reactive ketones (excluding diaryl/α,β-unsaturated/α-hetero) is 1. The molecule has 1 atom stereocenters. The van der Waals surface area contributed by atoms with Crippen molar-refractivity contribution in [2.24, 2.45) is 0 Å². The van der Waals surface area contributed by atoms with Crippen molar-refractivity contribution >= 4 is 43.1 Å². The van der Waals surface area contributed by atoms with Crippen LogP contribution in [0, 0.1) is 0 Å². The topological polar surface area (TPSA) is 93.6 Å². The number of likely N-dealkylation sites (tertiary alicyclic amines) is 1. The van der Waals surface area contributed by atoms with Crippen LogP contribution < -0.4 is 4.74 Å². The number of carbonyl (C=O) groups is 2. The molecule has 168 valence electrons. The Morgan fingerprint density at radius 1 is 1.22 bits per heavy atom. The zero-order valence-electron chi connectivity index (χ0n) is 17.9. The molecule has 9 heteroatoms. The molecule has 1 fully saturated rings. The summed E-state index contributed by atoms with van der Waals surface area (Å²) in [6.07, 6.45) is 1.57. The molecule has 1 aliphatic rings. The van der Waals surface area contributed by atoms with E-state index in [-0.39, 0.29) is 17.6 Å². The van der Waals surface area contributed by atoms with E-state index in [9.17, 15) is 18.0 Å². The van der Waals surface area contributed by atoms with Crippen molar-refractivity contribution in [3.8, 4) is 5.75 Å². The Bertz CT molecular complexity index is 1250. The molecule has 0 N–H and O–H groups in total. The summed E-state index contributed by atoms with van der Waals surface area (Å²) in [5, 5.41) is 0.838. The summed E-state index contributed by atoms with van der Waals surface area (Å²) in [6, 6.07) is 12.3. The van der Waals surface area contributed by atoms with Gasteiger partial charge in [0.2, 0.25) is 5.91 Å². The zero-order chi connectivity index (χ0) is 22.9. The number of carbonyl (C=O) groups excluding carboxylic acids is 2. The first-order valence-electron chi connectivity index (χ1n) is 10.3. The van der Waals surface area contributed by atoms with Crippen LogP contribution >= 0.6 is 11.3 Å². The summed E-state index contributed by atoms with van der Waals surface area (Å²) in [4.78, 5) is 31.0. The van der Waals surface area contributed by atoms with Crippen LogP contribution in [0.1, 0.15) is 46.7 Å². The highest BCUT2D eigenvalue weighted by Gasteiger charge is 2.34. The second kappa shape index (κ2) is 8.99. The highest BCUT2D eigenvalue weighted by atomic mass is 32.2. The number of thiazole rings is 1. The monoisotopic (exact) mass is 472 g/mol. The molecule has 0 unspecified atom stereocenters. The van der Waals surface area contributed by atoms with Gasteiger partial charge in [-0.25, -0.2) is 13.4 Å². The largest absolute Gasteiger partial charge is 0.496 e. The molecule has 0 radical (unpaired) electrons. The Balaban J connectivity index is 1.52. The van der Waals surface area contributed by atoms with Gasteiger partial charge in [0.25, 0.3) is 0 Å². The van der Waals surface area contributed by atoms with Crippen LogP contribution in [-0.4, -0.2) is 49.4 Å². The Kier molecular flexibility index (Phi) is 6.30. The van der Waals surface area contributed by atoms with E-state index in [0.29, 0.717) is 23.4 Å². The van der Waals surface area contributed by atoms with Crippen molar-refractivity contribution in [2.75, 3.05) is 19.4 Å². The molecule has 4 rings (SSSR count). The van der Waals surface area contributed by atoms with Gasteiger partial charge in [-0.3, -0.25) is 9.59 Å². The van der Waals surface area contributed by atoms with Gasteiger partial charge in [0.05, 0.1) is 29.1 Å². The van der Waals surface area contributed by atoms with Crippen LogP contribution in [-0.2, 0) is 20.4 Å². The minimum absolute atomic E-state index is 0.168. The molecule has 1 aliphatic heterocycles. The third-order valence-corrected chi connectivity index (χ3v) is 8.15. The SMILES string of the molecule is COc1ccc(C(C)=O)cc1CS(=O)(=O)CC(=O)N1CCC[C@H]1c1nc2ccccc2s1. The van der Waals surface area contributed by atoms with E-state index in [4.69, 9.17) is 4.74 Å². The van der Waals surface area contributed by atoms with Crippen LogP contribution in [0.3, 0.4) is 0 Å². The fraction of sp³-hybridized carbons (Fsp3) is 0.348. The van der Waals surface area contributed by atoms with Gasteiger partial charge in [0.15, 0.2) is 15.6 Å². The van der Waals surface area contributed by atoms with Crippen LogP contribution in [0.4, 0.5) is 0 Å². The molecule has 2 heterocycles. The van der Waals surface area contributed by atoms with Gasteiger partial charge in [0.1, 0.15) is 16.5 Å². The fourth-order valence-electron chi connectivity index (χ4n) is 4.02. The van der Waals surface area contributed by atoms with Crippen molar-refractivity contribution < 1.29 is 22.7 Å². The van der Waals surface area contributed by atoms with Crippen molar-refractivity contribution in [1.82, 2.24) is 9.88 Å². The molecule has 1 aromatic heterocycles. The average Bonchev–Trinajstić information content (AvgIpc) is 3.39. The summed E-state index contributed by atoms with van der Waals surface area (Å²) in [7, 11) is -2.33. The third-order valence-electron chi connectivity index (χ3n) is 5.57. The molecule has 0 aliphatic carbocycles. The first kappa shape index (κ1) is 22.4. The molecule has 7 nitrogen and oxygen atoms in total. The molecular weight excluding hydrogens is 448 g/mol. The van der Waals surface area contributed by atoms with E-state index in [1.807, 2.05) is 24.3 Å². The number of fused-ring (bicyclic) bond motifs is 1. The number of methoxy groups -OCH3 is 1. The van der Waals surface area contributed by atoms with Gasteiger partial charge >= 0.3 is 0 Å². The highest BCUT2D eigenvalue weighted by Crippen LogP contribution is 2.36. The molecule has 1 amide bonds. The lowest BCUT2D eigenvalue weighted by Crippen LogP contribution is -2.35. The maximum Gasteiger partial charge on any atom is 0.238 e. The van der Waals surface area contributed by atoms with Crippen molar-refractivity contribution in [2.45, 2.75) is 31.6 Å². The van der Waals surface area contributed by atoms with E-state index >= 15 is 0 Å². The summed E-state index contributed by atoms with van der Waals surface area (Å²) >= 11 is 1.54. The molecule has 1 saturated heterocycles. The Hall–Kier alpha value is -2.78. The summed E-state index contributed by atoms with van der Waals surface area (Å²) < 4.78 is 32.1. The fourth-order valence-corrected chi connectivity index (χ4v) is 6.48. The number of rotatable bonds is 7. The average molecular weight is 473 g/mol. The lowest BCUT2D eigenvalue weighted by Gasteiger charge is -2.23. The second-order valence-electron chi connectivity index (χ2n) is 7.88. The van der Waals surface area contributed by atoms with Crippen molar-refractivity contribution in [3.05, 3.63) is 58.6 Å². The van der Waals surface area contributed by atoms with Gasteiger partial charge in [-0.15, -0.1) is 11.3 Å². The molecular formula is C23H24N2O5S2. The molecule has 0 bridgehead atoms. The number of sulfone groups is 1. The van der Waals surface area contributed by atoms with E-state index in [1.54, 1.807) is 28.4 Å². The maximum atomic E-state index is 13.0. The minimum Gasteiger partial charge on any atom is -0.496 e. The highest BCUT2D eigenvalue weighted by molar-refractivity contribution is 7.91. The number of nitrogens with zero attached hydrogens (tertiary/aromatic N) is 2. The number of amides is 1. The summed E-state index contributed by atoms with van der Waals surface area (Å²) in [5.74, 6) is -1.18. The molecule has 32 heavy (non-hydrogen) atoms. The van der Waals surface area contributed by atoms with Gasteiger partial charge in [0, 0.05) is 17.7 Å². The number of hydrogen-bond donors (Lipinski definition) is 0. The van der Waals surface area contributed by atoms with E-state index in [1.165, 1.54) is 20.1 Å². The number of benzene rings is 2. The zero-order valence-corrected chi connectivity index (χ0v) is 19.5. The number of ketones is 1. The molecule has 2 aromatic carbocycles. The standard InChI is InChI=1S/C23H24N2O5S2/c1-15(26)16-9-10-20(30-2)17(12-16)13-32(28,29)14-22(27)25-11-5-7-19(25)23-24-18-6-3-4-8-21(18)31-23/h3-4,6,8-10,12,19H,5,7,11,13-14H2,1-2H3/t19-/m0/s1. The van der Waals surface area contributed by atoms with Gasteiger partial charge in [-0.1, -0.05) is 12.1 Å². The first-order chi connectivity index (χ1) is 15.3. The number of ether oxygens (including phenoxy) is 1. The van der Waals surface area contributed by atoms with Crippen LogP contribution in [0.15, 0.2) is 42.5 Å². The van der Waals surface area contributed by atoms with Gasteiger partial charge in [-0.05, 0) is 50.1 Å². The lowest BCUT2D eigenvalue weighted by atomic mass is 10.1. The smallest absolute Gasteiger partial charge is 0.238 e. The number of para-hydroxylation sites is 1. The van der Waals surface area contributed by atoms with Gasteiger partial charge in [-0.2, -0.15) is 0 Å². The van der Waals surface area contributed by atoms with Crippen LogP contribution in [0.2, 0.25) is 0 Å². The molecule has 0 saturated carbocycles. The minimum atomic E-state index is -3.78. The normalized spacial score (nSPS) is 16.4. The quantitative estimate of drug-likeness (QED) is 0.486. The predicted octanol–water partition coefficient (Wildman–Crippen LogP) is 3.79. The van der Waals surface area contributed by atoms with Gasteiger partial charge < -0.3 is 9.64 Å². The number of hydrogen-bond acceptors (Lipinski definition) is 7. The van der Waals surface area contributed by atoms with E-state index in [2.05, 4.69) is 4.98 Å². The lowest BCUT2D eigenvalue weighted by molar-refractivity contribution is -0.129. The Morgan fingerprint density at radius 2 is 2.00 bits per heavy atom. The molecule has 3 aromatic rings. The van der Waals surface area contributed by atoms with E-state index in [0.717, 1.165) is 28.1 Å². The second-order valence-corrected chi connectivity index (χ2v) is 11.0. The molecule has 0 spiro atoms. The summed E-state index contributed by atoms with van der Waals surface area (Å²) in [6.45, 7) is 1.93. The third kappa shape index (κ3) is 4.68. The Morgan fingerprint density at radius 3 is 2.72 bits per heavy atom. The van der Waals surface area contributed by atoms with Crippen molar-refractivity contribution in [3.63, 3.8) is 0 Å². The van der Waals surface area contributed by atoms with Crippen molar-refractivity contribution in [1.29, 1.82) is 0 Å². The number of aromatic nitrogens is 1. The predicted molar refractivity (Wildman–Crippen MR) is 124 cm³/mol. The summed E-state index contributed by atoms with van der Waals surface area (Å²) in [5.41, 5.74) is 1.66. The van der Waals surface area contributed by atoms with Crippen LogP contribution in [0.5, 0.6) is 5.75 Å². The van der Waals surface area contributed by atoms with E-state index < -0.39 is 21.5 Å². The Labute approximate surface area is 190 Å². The first-order valence-corrected chi connectivity index (χ1v) is 12.9.